The highest BCUT2D eigenvalue weighted by molar-refractivity contribution is 9.10. The smallest absolute Gasteiger partial charge is 0.142 e. The lowest BCUT2D eigenvalue weighted by atomic mass is 10.1. The molecule has 106 valence electrons. The van der Waals surface area contributed by atoms with Gasteiger partial charge in [0.05, 0.1) is 11.6 Å². The number of rotatable bonds is 3. The van der Waals surface area contributed by atoms with Gasteiger partial charge in [-0.1, -0.05) is 30.3 Å². The first kappa shape index (κ1) is 13.8. The minimum absolute atomic E-state index is 0.598. The Morgan fingerprint density at radius 1 is 0.952 bits per heavy atom. The Balaban J connectivity index is 2.02. The highest BCUT2D eigenvalue weighted by Gasteiger charge is 2.08. The summed E-state index contributed by atoms with van der Waals surface area (Å²) in [5, 5.41) is 2.26. The summed E-state index contributed by atoms with van der Waals surface area (Å²) >= 11 is 3.61. The van der Waals surface area contributed by atoms with Crippen LogP contribution in [0.15, 0.2) is 59.1 Å². The van der Waals surface area contributed by atoms with Crippen LogP contribution in [0.4, 0.5) is 5.69 Å². The SMILES string of the molecule is COc1cc(N)cc(Oc2ccc3ccccc3c2Br)c1. The van der Waals surface area contributed by atoms with Crippen molar-refractivity contribution in [2.75, 3.05) is 12.8 Å². The van der Waals surface area contributed by atoms with Gasteiger partial charge in [-0.3, -0.25) is 0 Å². The zero-order valence-corrected chi connectivity index (χ0v) is 13.1. The fraction of sp³-hybridized carbons (Fsp3) is 0.0588. The van der Waals surface area contributed by atoms with Crippen molar-refractivity contribution < 1.29 is 9.47 Å². The number of methoxy groups -OCH3 is 1. The molecule has 4 heteroatoms. The van der Waals surface area contributed by atoms with Gasteiger partial charge in [0.25, 0.3) is 0 Å². The molecule has 0 radical (unpaired) electrons. The minimum atomic E-state index is 0.598. The highest BCUT2D eigenvalue weighted by Crippen LogP contribution is 2.37. The topological polar surface area (TPSA) is 44.5 Å². The molecule has 0 spiro atoms. The molecule has 0 fully saturated rings. The van der Waals surface area contributed by atoms with E-state index in [1.165, 1.54) is 0 Å². The van der Waals surface area contributed by atoms with Gasteiger partial charge in [-0.05, 0) is 32.8 Å². The average Bonchev–Trinajstić information content (AvgIpc) is 2.50. The lowest BCUT2D eigenvalue weighted by Gasteiger charge is -2.11. The third-order valence-electron chi connectivity index (χ3n) is 3.19. The standard InChI is InChI=1S/C17H14BrNO2/c1-20-13-8-12(19)9-14(10-13)21-16-7-6-11-4-2-3-5-15(11)17(16)18/h2-10H,19H2,1H3. The number of anilines is 1. The third-order valence-corrected chi connectivity index (χ3v) is 4.01. The second-order valence-corrected chi connectivity index (χ2v) is 5.44. The molecule has 0 amide bonds. The Bertz CT molecular complexity index is 802. The second kappa shape index (κ2) is 5.66. The number of hydrogen-bond acceptors (Lipinski definition) is 3. The number of fused-ring (bicyclic) bond motifs is 1. The van der Waals surface area contributed by atoms with E-state index in [1.807, 2.05) is 30.3 Å². The molecule has 0 aromatic heterocycles. The molecular formula is C17H14BrNO2. The van der Waals surface area contributed by atoms with Crippen LogP contribution in [0.25, 0.3) is 10.8 Å². The van der Waals surface area contributed by atoms with E-state index in [0.29, 0.717) is 17.2 Å². The van der Waals surface area contributed by atoms with E-state index in [1.54, 1.807) is 25.3 Å². The largest absolute Gasteiger partial charge is 0.497 e. The molecule has 3 aromatic rings. The Morgan fingerprint density at radius 2 is 1.71 bits per heavy atom. The number of hydrogen-bond donors (Lipinski definition) is 1. The molecule has 3 rings (SSSR count). The molecule has 0 atom stereocenters. The van der Waals surface area contributed by atoms with E-state index in [2.05, 4.69) is 22.0 Å². The van der Waals surface area contributed by atoms with Crippen molar-refractivity contribution in [3.05, 3.63) is 59.1 Å². The molecule has 3 aromatic carbocycles. The molecule has 0 heterocycles. The molecule has 0 unspecified atom stereocenters. The molecule has 0 saturated carbocycles. The van der Waals surface area contributed by atoms with E-state index < -0.39 is 0 Å². The van der Waals surface area contributed by atoms with Gasteiger partial charge in [-0.2, -0.15) is 0 Å². The van der Waals surface area contributed by atoms with Crippen LogP contribution in [-0.4, -0.2) is 7.11 Å². The molecule has 21 heavy (non-hydrogen) atoms. The molecule has 0 bridgehead atoms. The molecular weight excluding hydrogens is 330 g/mol. The van der Waals surface area contributed by atoms with Gasteiger partial charge in [0.1, 0.15) is 17.2 Å². The summed E-state index contributed by atoms with van der Waals surface area (Å²) in [6, 6.07) is 17.4. The first-order valence-corrected chi connectivity index (χ1v) is 7.26. The first-order valence-electron chi connectivity index (χ1n) is 6.47. The van der Waals surface area contributed by atoms with E-state index in [9.17, 15) is 0 Å². The summed E-state index contributed by atoms with van der Waals surface area (Å²) in [6.45, 7) is 0. The number of halogens is 1. The van der Waals surface area contributed by atoms with Crippen LogP contribution in [-0.2, 0) is 0 Å². The van der Waals surface area contributed by atoms with Gasteiger partial charge in [0.2, 0.25) is 0 Å². The van der Waals surface area contributed by atoms with Crippen molar-refractivity contribution in [2.45, 2.75) is 0 Å². The number of nitrogen functional groups attached to an aromatic ring is 1. The number of ether oxygens (including phenoxy) is 2. The van der Waals surface area contributed by atoms with Crippen molar-refractivity contribution >= 4 is 32.4 Å². The van der Waals surface area contributed by atoms with Crippen molar-refractivity contribution in [3.8, 4) is 17.2 Å². The lowest BCUT2D eigenvalue weighted by molar-refractivity contribution is 0.409. The van der Waals surface area contributed by atoms with Gasteiger partial charge in [0, 0.05) is 23.9 Å². The maximum Gasteiger partial charge on any atom is 0.142 e. The number of nitrogens with two attached hydrogens (primary N) is 1. The monoisotopic (exact) mass is 343 g/mol. The summed E-state index contributed by atoms with van der Waals surface area (Å²) in [6.07, 6.45) is 0. The highest BCUT2D eigenvalue weighted by atomic mass is 79.9. The van der Waals surface area contributed by atoms with E-state index in [0.717, 1.165) is 21.0 Å². The molecule has 0 saturated heterocycles. The summed E-state index contributed by atoms with van der Waals surface area (Å²) in [4.78, 5) is 0. The van der Waals surface area contributed by atoms with Gasteiger partial charge in [-0.25, -0.2) is 0 Å². The van der Waals surface area contributed by atoms with Crippen LogP contribution in [0, 0.1) is 0 Å². The van der Waals surface area contributed by atoms with Crippen LogP contribution in [0.3, 0.4) is 0 Å². The van der Waals surface area contributed by atoms with Crippen LogP contribution < -0.4 is 15.2 Å². The van der Waals surface area contributed by atoms with Crippen molar-refractivity contribution in [3.63, 3.8) is 0 Å². The summed E-state index contributed by atoms with van der Waals surface area (Å²) in [7, 11) is 1.60. The van der Waals surface area contributed by atoms with Crippen LogP contribution in [0.2, 0.25) is 0 Å². The molecule has 2 N–H and O–H groups in total. The zero-order valence-electron chi connectivity index (χ0n) is 11.5. The Morgan fingerprint density at radius 3 is 2.52 bits per heavy atom. The van der Waals surface area contributed by atoms with Crippen LogP contribution in [0.5, 0.6) is 17.2 Å². The molecule has 0 aliphatic carbocycles. The minimum Gasteiger partial charge on any atom is -0.497 e. The van der Waals surface area contributed by atoms with Crippen molar-refractivity contribution in [1.82, 2.24) is 0 Å². The average molecular weight is 344 g/mol. The molecule has 0 aliphatic rings. The fourth-order valence-electron chi connectivity index (χ4n) is 2.19. The Labute approximate surface area is 131 Å². The normalized spacial score (nSPS) is 10.6. The summed E-state index contributed by atoms with van der Waals surface area (Å²) in [5.41, 5.74) is 6.44. The van der Waals surface area contributed by atoms with E-state index in [-0.39, 0.29) is 0 Å². The summed E-state index contributed by atoms with van der Waals surface area (Å²) in [5.74, 6) is 2.05. The maximum atomic E-state index is 5.93. The van der Waals surface area contributed by atoms with Crippen LogP contribution in [0.1, 0.15) is 0 Å². The predicted octanol–water partition coefficient (Wildman–Crippen LogP) is 4.99. The summed E-state index contributed by atoms with van der Waals surface area (Å²) < 4.78 is 12.1. The third kappa shape index (κ3) is 2.81. The first-order chi connectivity index (χ1) is 10.2. The van der Waals surface area contributed by atoms with Crippen molar-refractivity contribution in [1.29, 1.82) is 0 Å². The predicted molar refractivity (Wildman–Crippen MR) is 89.1 cm³/mol. The second-order valence-electron chi connectivity index (χ2n) is 4.64. The zero-order chi connectivity index (χ0) is 14.8. The Hall–Kier alpha value is -2.20. The fourth-order valence-corrected chi connectivity index (χ4v) is 2.76. The molecule has 3 nitrogen and oxygen atoms in total. The van der Waals surface area contributed by atoms with Gasteiger partial charge >= 0.3 is 0 Å². The maximum absolute atomic E-state index is 5.93. The Kier molecular flexibility index (Phi) is 3.71. The lowest BCUT2D eigenvalue weighted by Crippen LogP contribution is -1.92. The van der Waals surface area contributed by atoms with E-state index >= 15 is 0 Å². The van der Waals surface area contributed by atoms with Gasteiger partial charge in [-0.15, -0.1) is 0 Å². The number of benzene rings is 3. The van der Waals surface area contributed by atoms with Gasteiger partial charge < -0.3 is 15.2 Å². The van der Waals surface area contributed by atoms with Gasteiger partial charge in [0.15, 0.2) is 0 Å². The van der Waals surface area contributed by atoms with Crippen LogP contribution >= 0.6 is 15.9 Å². The van der Waals surface area contributed by atoms with E-state index in [4.69, 9.17) is 15.2 Å². The van der Waals surface area contributed by atoms with Crippen molar-refractivity contribution in [2.24, 2.45) is 0 Å². The quantitative estimate of drug-likeness (QED) is 0.681. The molecule has 0 aliphatic heterocycles.